The van der Waals surface area contributed by atoms with Crippen molar-refractivity contribution in [1.82, 2.24) is 0 Å². The smallest absolute Gasteiger partial charge is 0.0972 e. The Morgan fingerprint density at radius 1 is 1.41 bits per heavy atom. The molecule has 0 spiro atoms. The van der Waals surface area contributed by atoms with Crippen LogP contribution in [0.3, 0.4) is 0 Å². The minimum Gasteiger partial charge on any atom is -0.387 e. The summed E-state index contributed by atoms with van der Waals surface area (Å²) in [6, 6.07) is 2.20. The highest BCUT2D eigenvalue weighted by Crippen LogP contribution is 2.24. The van der Waals surface area contributed by atoms with Crippen molar-refractivity contribution in [3.05, 3.63) is 21.9 Å². The molecule has 0 atom stereocenters. The second-order valence-corrected chi connectivity index (χ2v) is 5.80. The first-order valence-electron chi connectivity index (χ1n) is 6.66. The molecule has 1 aliphatic rings. The van der Waals surface area contributed by atoms with Crippen LogP contribution in [0.1, 0.15) is 49.5 Å². The average Bonchev–Trinajstić information content (AvgIpc) is 2.84. The second kappa shape index (κ2) is 6.20. The van der Waals surface area contributed by atoms with E-state index in [1.54, 1.807) is 11.3 Å². The lowest BCUT2D eigenvalue weighted by Crippen LogP contribution is -2.25. The Bertz CT molecular complexity index is 375. The van der Waals surface area contributed by atoms with Crippen molar-refractivity contribution in [3.8, 4) is 0 Å². The first-order chi connectivity index (χ1) is 8.31. The number of thiophene rings is 1. The predicted molar refractivity (Wildman–Crippen MR) is 75.6 cm³/mol. The Morgan fingerprint density at radius 3 is 2.88 bits per heavy atom. The number of rotatable bonds is 4. The third kappa shape index (κ3) is 3.32. The van der Waals surface area contributed by atoms with E-state index in [1.807, 2.05) is 0 Å². The first kappa shape index (κ1) is 12.6. The molecule has 0 amide bonds. The fraction of sp³-hybridized carbons (Fsp3) is 0.643. The molecule has 0 bridgehead atoms. The molecule has 1 aliphatic carbocycles. The zero-order valence-corrected chi connectivity index (χ0v) is 11.4. The molecule has 3 heteroatoms. The van der Waals surface area contributed by atoms with Gasteiger partial charge in [-0.05, 0) is 36.3 Å². The van der Waals surface area contributed by atoms with Crippen molar-refractivity contribution in [2.45, 2.75) is 52.0 Å². The highest BCUT2D eigenvalue weighted by molar-refractivity contribution is 7.10. The third-order valence-electron chi connectivity index (χ3n) is 3.65. The van der Waals surface area contributed by atoms with Gasteiger partial charge in [-0.3, -0.25) is 4.99 Å². The summed E-state index contributed by atoms with van der Waals surface area (Å²) in [4.78, 5) is 5.98. The maximum absolute atomic E-state index is 6.11. The summed E-state index contributed by atoms with van der Waals surface area (Å²) in [6.45, 7) is 2.98. The van der Waals surface area contributed by atoms with Gasteiger partial charge in [0.05, 0.1) is 12.4 Å². The van der Waals surface area contributed by atoms with Crippen molar-refractivity contribution in [2.75, 3.05) is 0 Å². The molecule has 2 nitrogen and oxygen atoms in total. The molecule has 1 fully saturated rings. The van der Waals surface area contributed by atoms with Crippen LogP contribution in [0, 0.1) is 5.92 Å². The van der Waals surface area contributed by atoms with Crippen LogP contribution in [0.15, 0.2) is 16.4 Å². The number of aryl methyl sites for hydroxylation is 1. The molecule has 1 heterocycles. The van der Waals surface area contributed by atoms with E-state index in [0.717, 1.165) is 18.8 Å². The molecule has 1 aromatic heterocycles. The van der Waals surface area contributed by atoms with E-state index in [4.69, 9.17) is 5.73 Å². The molecule has 1 saturated carbocycles. The molecule has 17 heavy (non-hydrogen) atoms. The standard InChI is InChI=1S/C14H22N2S/c1-2-11-8-9-17-13(11)10-16-14(15)12-6-4-3-5-7-12/h8-9,12H,2-7,10H2,1H3,(H2,15,16). The summed E-state index contributed by atoms with van der Waals surface area (Å²) in [5, 5.41) is 2.15. The topological polar surface area (TPSA) is 38.4 Å². The molecule has 0 saturated heterocycles. The van der Waals surface area contributed by atoms with Gasteiger partial charge in [0.2, 0.25) is 0 Å². The summed E-state index contributed by atoms with van der Waals surface area (Å²) in [7, 11) is 0. The number of amidine groups is 1. The Hall–Kier alpha value is -0.830. The normalized spacial score (nSPS) is 18.5. The third-order valence-corrected chi connectivity index (χ3v) is 4.60. The van der Waals surface area contributed by atoms with Crippen molar-refractivity contribution in [3.63, 3.8) is 0 Å². The van der Waals surface area contributed by atoms with Gasteiger partial charge in [-0.2, -0.15) is 0 Å². The van der Waals surface area contributed by atoms with Gasteiger partial charge in [0.15, 0.2) is 0 Å². The lowest BCUT2D eigenvalue weighted by atomic mass is 9.88. The zero-order valence-electron chi connectivity index (χ0n) is 10.6. The number of hydrogen-bond acceptors (Lipinski definition) is 2. The minimum absolute atomic E-state index is 0.550. The number of hydrogen-bond donors (Lipinski definition) is 1. The molecule has 94 valence electrons. The van der Waals surface area contributed by atoms with Crippen LogP contribution in [-0.4, -0.2) is 5.84 Å². The lowest BCUT2D eigenvalue weighted by molar-refractivity contribution is 0.436. The lowest BCUT2D eigenvalue weighted by Gasteiger charge is -2.20. The summed E-state index contributed by atoms with van der Waals surface area (Å²) in [6.07, 6.45) is 7.58. The highest BCUT2D eigenvalue weighted by Gasteiger charge is 2.16. The van der Waals surface area contributed by atoms with Crippen LogP contribution in [-0.2, 0) is 13.0 Å². The predicted octanol–water partition coefficient (Wildman–Crippen LogP) is 3.75. The van der Waals surface area contributed by atoms with Crippen LogP contribution in [0.5, 0.6) is 0 Å². The van der Waals surface area contributed by atoms with Gasteiger partial charge in [-0.15, -0.1) is 11.3 Å². The largest absolute Gasteiger partial charge is 0.387 e. The van der Waals surface area contributed by atoms with Gasteiger partial charge in [0.1, 0.15) is 0 Å². The van der Waals surface area contributed by atoms with Crippen molar-refractivity contribution in [1.29, 1.82) is 0 Å². The van der Waals surface area contributed by atoms with E-state index >= 15 is 0 Å². The van der Waals surface area contributed by atoms with E-state index in [-0.39, 0.29) is 0 Å². The van der Waals surface area contributed by atoms with Crippen LogP contribution >= 0.6 is 11.3 Å². The van der Waals surface area contributed by atoms with Crippen molar-refractivity contribution >= 4 is 17.2 Å². The van der Waals surface area contributed by atoms with Gasteiger partial charge in [-0.1, -0.05) is 26.2 Å². The molecule has 0 aromatic carbocycles. The van der Waals surface area contributed by atoms with Crippen molar-refractivity contribution < 1.29 is 0 Å². The van der Waals surface area contributed by atoms with E-state index < -0.39 is 0 Å². The number of nitrogens with two attached hydrogens (primary N) is 1. The Balaban J connectivity index is 1.95. The summed E-state index contributed by atoms with van der Waals surface area (Å²) >= 11 is 1.80. The van der Waals surface area contributed by atoms with Gasteiger partial charge in [0, 0.05) is 10.8 Å². The summed E-state index contributed by atoms with van der Waals surface area (Å²) in [5.41, 5.74) is 7.54. The summed E-state index contributed by atoms with van der Waals surface area (Å²) < 4.78 is 0. The van der Waals surface area contributed by atoms with E-state index in [0.29, 0.717) is 5.92 Å². The zero-order chi connectivity index (χ0) is 12.1. The van der Waals surface area contributed by atoms with Crippen LogP contribution in [0.2, 0.25) is 0 Å². The molecule has 2 N–H and O–H groups in total. The first-order valence-corrected chi connectivity index (χ1v) is 7.54. The maximum Gasteiger partial charge on any atom is 0.0972 e. The van der Waals surface area contributed by atoms with Gasteiger partial charge in [-0.25, -0.2) is 0 Å². The second-order valence-electron chi connectivity index (χ2n) is 4.80. The van der Waals surface area contributed by atoms with Gasteiger partial charge >= 0.3 is 0 Å². The van der Waals surface area contributed by atoms with Crippen molar-refractivity contribution in [2.24, 2.45) is 16.6 Å². The van der Waals surface area contributed by atoms with Gasteiger partial charge in [0.25, 0.3) is 0 Å². The minimum atomic E-state index is 0.550. The Labute approximate surface area is 108 Å². The SMILES string of the molecule is CCc1ccsc1CN=C(N)C1CCCCC1. The number of aliphatic imine (C=N–C) groups is 1. The highest BCUT2D eigenvalue weighted by atomic mass is 32.1. The molecule has 0 radical (unpaired) electrons. The van der Waals surface area contributed by atoms with Crippen LogP contribution < -0.4 is 5.73 Å². The fourth-order valence-corrected chi connectivity index (χ4v) is 3.41. The average molecular weight is 250 g/mol. The Kier molecular flexibility index (Phi) is 4.60. The molecule has 0 aliphatic heterocycles. The van der Waals surface area contributed by atoms with E-state index in [9.17, 15) is 0 Å². The quantitative estimate of drug-likeness (QED) is 0.641. The summed E-state index contributed by atoms with van der Waals surface area (Å²) in [5.74, 6) is 1.44. The molecular weight excluding hydrogens is 228 g/mol. The van der Waals surface area contributed by atoms with Crippen LogP contribution in [0.25, 0.3) is 0 Å². The van der Waals surface area contributed by atoms with E-state index in [1.165, 1.54) is 42.5 Å². The fourth-order valence-electron chi connectivity index (χ4n) is 2.51. The molecule has 2 rings (SSSR count). The Morgan fingerprint density at radius 2 is 2.18 bits per heavy atom. The maximum atomic E-state index is 6.11. The molecular formula is C14H22N2S. The van der Waals surface area contributed by atoms with Crippen LogP contribution in [0.4, 0.5) is 0 Å². The van der Waals surface area contributed by atoms with Gasteiger partial charge < -0.3 is 5.73 Å². The van der Waals surface area contributed by atoms with E-state index in [2.05, 4.69) is 23.4 Å². The molecule has 0 unspecified atom stereocenters. The number of nitrogens with zero attached hydrogens (tertiary/aromatic N) is 1. The molecule has 1 aromatic rings. The monoisotopic (exact) mass is 250 g/mol.